The van der Waals surface area contributed by atoms with Gasteiger partial charge in [0.25, 0.3) is 0 Å². The molecule has 0 spiro atoms. The van der Waals surface area contributed by atoms with E-state index < -0.39 is 5.54 Å². The second kappa shape index (κ2) is 6.27. The van der Waals surface area contributed by atoms with Crippen molar-refractivity contribution in [2.45, 2.75) is 44.7 Å². The summed E-state index contributed by atoms with van der Waals surface area (Å²) < 4.78 is 5.14. The van der Waals surface area contributed by atoms with Crippen molar-refractivity contribution < 1.29 is 9.53 Å². The molecule has 1 unspecified atom stereocenters. The fraction of sp³-hybridized carbons (Fsp3) is 0.562. The molecule has 1 aliphatic heterocycles. The van der Waals surface area contributed by atoms with Gasteiger partial charge >= 0.3 is 0 Å². The van der Waals surface area contributed by atoms with Crippen LogP contribution >= 0.6 is 0 Å². The smallest absolute Gasteiger partial charge is 0.240 e. The lowest BCUT2D eigenvalue weighted by Crippen LogP contribution is -2.57. The summed E-state index contributed by atoms with van der Waals surface area (Å²) in [5.74, 6) is 0.911. The summed E-state index contributed by atoms with van der Waals surface area (Å²) >= 11 is 0. The van der Waals surface area contributed by atoms with E-state index in [1.54, 1.807) is 7.11 Å². The zero-order valence-electron chi connectivity index (χ0n) is 12.5. The predicted octanol–water partition coefficient (Wildman–Crippen LogP) is 2.40. The Morgan fingerprint density at radius 3 is 2.60 bits per heavy atom. The topological polar surface area (TPSA) is 50.4 Å². The molecule has 2 rings (SSSR count). The molecular weight excluding hydrogens is 252 g/mol. The third-order valence-electron chi connectivity index (χ3n) is 4.08. The predicted molar refractivity (Wildman–Crippen MR) is 79.8 cm³/mol. The second-order valence-electron chi connectivity index (χ2n) is 5.68. The Bertz CT molecular complexity index is 450. The maximum atomic E-state index is 12.4. The van der Waals surface area contributed by atoms with E-state index in [0.717, 1.165) is 37.1 Å². The van der Waals surface area contributed by atoms with Crippen LogP contribution in [0, 0.1) is 0 Å². The first-order valence-corrected chi connectivity index (χ1v) is 7.25. The number of amides is 1. The lowest BCUT2D eigenvalue weighted by molar-refractivity contribution is -0.128. The van der Waals surface area contributed by atoms with Crippen LogP contribution < -0.4 is 15.4 Å². The highest BCUT2D eigenvalue weighted by molar-refractivity contribution is 5.86. The Balaban J connectivity index is 1.99. The molecule has 0 radical (unpaired) electrons. The molecule has 2 N–H and O–H groups in total. The van der Waals surface area contributed by atoms with Gasteiger partial charge in [-0.15, -0.1) is 0 Å². The van der Waals surface area contributed by atoms with Crippen molar-refractivity contribution in [3.05, 3.63) is 29.8 Å². The molecule has 20 heavy (non-hydrogen) atoms. The molecule has 1 fully saturated rings. The average Bonchev–Trinajstić information content (AvgIpc) is 2.48. The molecular formula is C16H24N2O2. The minimum atomic E-state index is -0.432. The number of carbonyl (C=O) groups excluding carboxylic acids is 1. The molecule has 1 aromatic carbocycles. The molecule has 2 atom stereocenters. The van der Waals surface area contributed by atoms with E-state index in [2.05, 4.69) is 10.6 Å². The van der Waals surface area contributed by atoms with Gasteiger partial charge in [-0.2, -0.15) is 0 Å². The molecule has 0 aromatic heterocycles. The molecule has 1 aliphatic rings. The highest BCUT2D eigenvalue weighted by Crippen LogP contribution is 2.22. The molecule has 0 bridgehead atoms. The van der Waals surface area contributed by atoms with Crippen molar-refractivity contribution in [1.29, 1.82) is 0 Å². The van der Waals surface area contributed by atoms with Gasteiger partial charge in [0.1, 0.15) is 5.75 Å². The molecule has 110 valence electrons. The summed E-state index contributed by atoms with van der Waals surface area (Å²) in [6, 6.07) is 7.80. The standard InChI is InChI=1S/C16H24N2O2/c1-12(13-6-8-14(20-3)9-7-13)18-15(19)16(2)10-4-5-11-17-16/h6-9,12,17H,4-5,10-11H2,1-3H3,(H,18,19)/t12-,16?/m1/s1. The summed E-state index contributed by atoms with van der Waals surface area (Å²) in [5, 5.41) is 6.44. The van der Waals surface area contributed by atoms with E-state index in [9.17, 15) is 4.79 Å². The van der Waals surface area contributed by atoms with Crippen molar-refractivity contribution in [1.82, 2.24) is 10.6 Å². The van der Waals surface area contributed by atoms with Crippen molar-refractivity contribution >= 4 is 5.91 Å². The number of ether oxygens (including phenoxy) is 1. The number of nitrogens with one attached hydrogen (secondary N) is 2. The van der Waals surface area contributed by atoms with Gasteiger partial charge < -0.3 is 15.4 Å². The third-order valence-corrected chi connectivity index (χ3v) is 4.08. The largest absolute Gasteiger partial charge is 0.497 e. The second-order valence-corrected chi connectivity index (χ2v) is 5.68. The monoisotopic (exact) mass is 276 g/mol. The highest BCUT2D eigenvalue weighted by Gasteiger charge is 2.34. The first-order chi connectivity index (χ1) is 9.55. The summed E-state index contributed by atoms with van der Waals surface area (Å²) in [6.45, 7) is 4.91. The summed E-state index contributed by atoms with van der Waals surface area (Å²) in [5.41, 5.74) is 0.650. The minimum Gasteiger partial charge on any atom is -0.497 e. The first kappa shape index (κ1) is 14.9. The van der Waals surface area contributed by atoms with Gasteiger partial charge in [-0.25, -0.2) is 0 Å². The van der Waals surface area contributed by atoms with Crippen LogP contribution in [0.25, 0.3) is 0 Å². The van der Waals surface area contributed by atoms with Gasteiger partial charge in [0.2, 0.25) is 5.91 Å². The number of piperidine rings is 1. The van der Waals surface area contributed by atoms with Gasteiger partial charge in [-0.05, 0) is 57.4 Å². The zero-order chi connectivity index (χ0) is 14.6. The Labute approximate surface area is 120 Å². The third kappa shape index (κ3) is 3.31. The van der Waals surface area contributed by atoms with Gasteiger partial charge in [0, 0.05) is 0 Å². The van der Waals surface area contributed by atoms with E-state index in [1.165, 1.54) is 0 Å². The first-order valence-electron chi connectivity index (χ1n) is 7.25. The van der Waals surface area contributed by atoms with E-state index in [0.29, 0.717) is 0 Å². The van der Waals surface area contributed by atoms with E-state index in [-0.39, 0.29) is 11.9 Å². The Kier molecular flexibility index (Phi) is 4.65. The average molecular weight is 276 g/mol. The number of hydrogen-bond acceptors (Lipinski definition) is 3. The maximum absolute atomic E-state index is 12.4. The van der Waals surface area contributed by atoms with E-state index in [1.807, 2.05) is 38.1 Å². The van der Waals surface area contributed by atoms with Crippen LogP contribution in [0.3, 0.4) is 0 Å². The van der Waals surface area contributed by atoms with Crippen LogP contribution in [0.1, 0.15) is 44.7 Å². The van der Waals surface area contributed by atoms with Crippen LogP contribution in [-0.4, -0.2) is 25.1 Å². The molecule has 0 saturated carbocycles. The molecule has 4 nitrogen and oxygen atoms in total. The van der Waals surface area contributed by atoms with Gasteiger partial charge in [0.05, 0.1) is 18.7 Å². The summed E-state index contributed by atoms with van der Waals surface area (Å²) in [6.07, 6.45) is 3.15. The summed E-state index contributed by atoms with van der Waals surface area (Å²) in [4.78, 5) is 12.4. The van der Waals surface area contributed by atoms with Gasteiger partial charge in [-0.1, -0.05) is 12.1 Å². The van der Waals surface area contributed by atoms with Crippen molar-refractivity contribution in [2.75, 3.05) is 13.7 Å². The van der Waals surface area contributed by atoms with Crippen LogP contribution in [0.5, 0.6) is 5.75 Å². The number of benzene rings is 1. The van der Waals surface area contributed by atoms with Crippen LogP contribution in [0.4, 0.5) is 0 Å². The number of carbonyl (C=O) groups is 1. The van der Waals surface area contributed by atoms with Crippen molar-refractivity contribution in [3.8, 4) is 5.75 Å². The highest BCUT2D eigenvalue weighted by atomic mass is 16.5. The quantitative estimate of drug-likeness (QED) is 0.888. The van der Waals surface area contributed by atoms with Gasteiger partial charge in [-0.3, -0.25) is 4.79 Å². The minimum absolute atomic E-state index is 0.00559. The molecule has 1 saturated heterocycles. The normalized spacial score (nSPS) is 23.9. The molecule has 4 heteroatoms. The van der Waals surface area contributed by atoms with Crippen LogP contribution in [0.15, 0.2) is 24.3 Å². The van der Waals surface area contributed by atoms with E-state index >= 15 is 0 Å². The fourth-order valence-corrected chi connectivity index (χ4v) is 2.58. The van der Waals surface area contributed by atoms with E-state index in [4.69, 9.17) is 4.74 Å². The SMILES string of the molecule is COc1ccc([C@@H](C)NC(=O)C2(C)CCCCN2)cc1. The fourth-order valence-electron chi connectivity index (χ4n) is 2.58. The van der Waals surface area contributed by atoms with Crippen LogP contribution in [0.2, 0.25) is 0 Å². The van der Waals surface area contributed by atoms with Crippen LogP contribution in [-0.2, 0) is 4.79 Å². The molecule has 1 aromatic rings. The molecule has 1 amide bonds. The maximum Gasteiger partial charge on any atom is 0.240 e. The lowest BCUT2D eigenvalue weighted by atomic mass is 9.89. The molecule has 0 aliphatic carbocycles. The number of rotatable bonds is 4. The number of hydrogen-bond donors (Lipinski definition) is 2. The summed E-state index contributed by atoms with van der Waals surface area (Å²) in [7, 11) is 1.65. The zero-order valence-corrected chi connectivity index (χ0v) is 12.5. The Morgan fingerprint density at radius 1 is 1.35 bits per heavy atom. The Morgan fingerprint density at radius 2 is 2.05 bits per heavy atom. The Hall–Kier alpha value is -1.55. The van der Waals surface area contributed by atoms with Crippen molar-refractivity contribution in [3.63, 3.8) is 0 Å². The van der Waals surface area contributed by atoms with Gasteiger partial charge in [0.15, 0.2) is 0 Å². The van der Waals surface area contributed by atoms with Crippen molar-refractivity contribution in [2.24, 2.45) is 0 Å². The lowest BCUT2D eigenvalue weighted by Gasteiger charge is -2.34. The number of methoxy groups -OCH3 is 1. The molecule has 1 heterocycles.